The molecule has 0 aliphatic carbocycles. The van der Waals surface area contributed by atoms with Gasteiger partial charge in [0.2, 0.25) is 5.88 Å². The summed E-state index contributed by atoms with van der Waals surface area (Å²) in [7, 11) is 3.91. The third kappa shape index (κ3) is 8.01. The second-order valence-corrected chi connectivity index (χ2v) is 11.3. The van der Waals surface area contributed by atoms with Crippen LogP contribution in [0.1, 0.15) is 44.7 Å². The minimum atomic E-state index is -4.40. The number of benzene rings is 3. The van der Waals surface area contributed by atoms with Gasteiger partial charge >= 0.3 is 6.18 Å². The summed E-state index contributed by atoms with van der Waals surface area (Å²) in [5.41, 5.74) is 2.76. The maximum absolute atomic E-state index is 14.2. The number of hydrogen-bond donors (Lipinski definition) is 1. The van der Waals surface area contributed by atoms with Crippen LogP contribution in [0.15, 0.2) is 85.1 Å². The molecule has 1 saturated heterocycles. The van der Waals surface area contributed by atoms with E-state index in [1.165, 1.54) is 24.3 Å². The van der Waals surface area contributed by atoms with Gasteiger partial charge in [-0.1, -0.05) is 24.3 Å². The number of anilines is 1. The maximum atomic E-state index is 14.2. The zero-order valence-electron chi connectivity index (χ0n) is 25.5. The van der Waals surface area contributed by atoms with Gasteiger partial charge in [-0.25, -0.2) is 9.37 Å². The molecule has 1 aliphatic heterocycles. The number of pyridine rings is 1. The van der Waals surface area contributed by atoms with Crippen molar-refractivity contribution in [3.8, 4) is 17.0 Å². The predicted molar refractivity (Wildman–Crippen MR) is 167 cm³/mol. The molecule has 240 valence electrons. The number of carbonyl (C=O) groups is 2. The van der Waals surface area contributed by atoms with Crippen LogP contribution >= 0.6 is 0 Å². The van der Waals surface area contributed by atoms with Crippen LogP contribution in [0.4, 0.5) is 23.2 Å². The molecule has 2 heterocycles. The van der Waals surface area contributed by atoms with Crippen LogP contribution in [0, 0.1) is 5.82 Å². The minimum absolute atomic E-state index is 0.0105. The molecule has 11 heteroatoms. The Morgan fingerprint density at radius 1 is 0.913 bits per heavy atom. The summed E-state index contributed by atoms with van der Waals surface area (Å²) in [5, 5.41) is 2.81. The number of nitrogens with one attached hydrogen (secondary N) is 1. The lowest BCUT2D eigenvalue weighted by Gasteiger charge is -2.32. The van der Waals surface area contributed by atoms with Crippen molar-refractivity contribution in [3.63, 3.8) is 0 Å². The number of ether oxygens (including phenoxy) is 1. The Kier molecular flexibility index (Phi) is 9.89. The molecule has 1 aliphatic rings. The summed E-state index contributed by atoms with van der Waals surface area (Å²) in [5.74, 6) is -1.12. The summed E-state index contributed by atoms with van der Waals surface area (Å²) in [6, 6.07) is 19.8. The Bertz CT molecular complexity index is 1650. The third-order valence-electron chi connectivity index (χ3n) is 7.91. The molecule has 0 spiro atoms. The van der Waals surface area contributed by atoms with Gasteiger partial charge in [0.25, 0.3) is 11.8 Å². The van der Waals surface area contributed by atoms with Crippen LogP contribution < -0.4 is 15.0 Å². The number of carbonyl (C=O) groups excluding carboxylic acids is 2. The lowest BCUT2D eigenvalue weighted by molar-refractivity contribution is -0.137. The van der Waals surface area contributed by atoms with E-state index in [1.807, 2.05) is 43.3 Å². The standard InChI is InChI=1S/C35H34F4N4O3/c1-42(2)28-11-3-23(4-12-28)15-18-40-33(44)31-21-27(36)10-13-30(31)34(45)43-19-16-29(17-20-43)46-32-14-7-25(22-41-32)24-5-8-26(9-6-24)35(37,38)39/h3-14,21-22,29H,15-20H2,1-2H3,(H,40,44). The van der Waals surface area contributed by atoms with E-state index in [2.05, 4.69) is 10.3 Å². The Labute approximate surface area is 264 Å². The Hall–Kier alpha value is -4.93. The van der Waals surface area contributed by atoms with Crippen LogP contribution in [0.2, 0.25) is 0 Å². The molecular formula is C35H34F4N4O3. The monoisotopic (exact) mass is 634 g/mol. The minimum Gasteiger partial charge on any atom is -0.474 e. The van der Waals surface area contributed by atoms with E-state index in [-0.39, 0.29) is 23.1 Å². The zero-order chi connectivity index (χ0) is 32.8. The van der Waals surface area contributed by atoms with E-state index in [0.29, 0.717) is 55.9 Å². The second kappa shape index (κ2) is 14.0. The largest absolute Gasteiger partial charge is 0.474 e. The topological polar surface area (TPSA) is 74.8 Å². The molecule has 0 atom stereocenters. The normalized spacial score (nSPS) is 13.7. The molecule has 0 unspecified atom stereocenters. The summed E-state index contributed by atoms with van der Waals surface area (Å²) in [6.07, 6.45) is -1.45. The maximum Gasteiger partial charge on any atom is 0.416 e. The van der Waals surface area contributed by atoms with Crippen molar-refractivity contribution in [2.24, 2.45) is 0 Å². The van der Waals surface area contributed by atoms with Gasteiger partial charge in [-0.15, -0.1) is 0 Å². The molecule has 1 aromatic heterocycles. The molecule has 2 amide bonds. The van der Waals surface area contributed by atoms with Crippen molar-refractivity contribution in [2.75, 3.05) is 38.6 Å². The molecule has 4 aromatic rings. The first kappa shape index (κ1) is 32.5. The van der Waals surface area contributed by atoms with Gasteiger partial charge in [0.1, 0.15) is 11.9 Å². The van der Waals surface area contributed by atoms with Gasteiger partial charge in [-0.05, 0) is 66.1 Å². The fraction of sp³-hybridized carbons (Fsp3) is 0.286. The highest BCUT2D eigenvalue weighted by atomic mass is 19.4. The number of piperidine rings is 1. The highest BCUT2D eigenvalue weighted by Crippen LogP contribution is 2.31. The van der Waals surface area contributed by atoms with Crippen molar-refractivity contribution in [2.45, 2.75) is 31.5 Å². The van der Waals surface area contributed by atoms with Gasteiger partial charge in [0.05, 0.1) is 16.7 Å². The van der Waals surface area contributed by atoms with Crippen molar-refractivity contribution < 1.29 is 31.9 Å². The van der Waals surface area contributed by atoms with E-state index < -0.39 is 23.5 Å². The molecule has 5 rings (SSSR count). The number of rotatable bonds is 9. The van der Waals surface area contributed by atoms with Gasteiger partial charge in [-0.3, -0.25) is 9.59 Å². The van der Waals surface area contributed by atoms with Crippen molar-refractivity contribution in [1.82, 2.24) is 15.2 Å². The van der Waals surface area contributed by atoms with Crippen LogP contribution in [0.25, 0.3) is 11.1 Å². The SMILES string of the molecule is CN(C)c1ccc(CCNC(=O)c2cc(F)ccc2C(=O)N2CCC(Oc3ccc(-c4ccc(C(F)(F)F)cc4)cn3)CC2)cc1. The summed E-state index contributed by atoms with van der Waals surface area (Å²) in [4.78, 5) is 34.4. The summed E-state index contributed by atoms with van der Waals surface area (Å²) >= 11 is 0. The fourth-order valence-corrected chi connectivity index (χ4v) is 5.26. The molecule has 46 heavy (non-hydrogen) atoms. The number of nitrogens with zero attached hydrogens (tertiary/aromatic N) is 3. The van der Waals surface area contributed by atoms with Crippen LogP contribution in [0.3, 0.4) is 0 Å². The zero-order valence-corrected chi connectivity index (χ0v) is 25.5. The number of alkyl halides is 3. The van der Waals surface area contributed by atoms with E-state index >= 15 is 0 Å². The summed E-state index contributed by atoms with van der Waals surface area (Å²) in [6.45, 7) is 1.06. The van der Waals surface area contributed by atoms with Gasteiger partial charge in [0.15, 0.2) is 0 Å². The van der Waals surface area contributed by atoms with Crippen LogP contribution in [-0.2, 0) is 12.6 Å². The van der Waals surface area contributed by atoms with Gasteiger partial charge < -0.3 is 19.9 Å². The predicted octanol–water partition coefficient (Wildman–Crippen LogP) is 6.63. The van der Waals surface area contributed by atoms with E-state index in [0.717, 1.165) is 29.4 Å². The van der Waals surface area contributed by atoms with Gasteiger partial charge in [0, 0.05) is 70.1 Å². The molecule has 0 radical (unpaired) electrons. The highest BCUT2D eigenvalue weighted by Gasteiger charge is 2.30. The van der Waals surface area contributed by atoms with Crippen molar-refractivity contribution in [1.29, 1.82) is 0 Å². The fourth-order valence-electron chi connectivity index (χ4n) is 5.26. The Balaban J connectivity index is 1.14. The van der Waals surface area contributed by atoms with E-state index in [4.69, 9.17) is 4.74 Å². The highest BCUT2D eigenvalue weighted by molar-refractivity contribution is 6.07. The molecular weight excluding hydrogens is 600 g/mol. The Morgan fingerprint density at radius 3 is 2.20 bits per heavy atom. The number of hydrogen-bond acceptors (Lipinski definition) is 5. The molecule has 7 nitrogen and oxygen atoms in total. The average molecular weight is 635 g/mol. The van der Waals surface area contributed by atoms with E-state index in [9.17, 15) is 27.2 Å². The van der Waals surface area contributed by atoms with Crippen molar-refractivity contribution in [3.05, 3.63) is 113 Å². The van der Waals surface area contributed by atoms with Crippen LogP contribution in [-0.4, -0.2) is 61.5 Å². The van der Waals surface area contributed by atoms with Crippen molar-refractivity contribution >= 4 is 17.5 Å². The number of halogens is 4. The van der Waals surface area contributed by atoms with Crippen LogP contribution in [0.5, 0.6) is 5.88 Å². The number of aromatic nitrogens is 1. The summed E-state index contributed by atoms with van der Waals surface area (Å²) < 4.78 is 58.7. The third-order valence-corrected chi connectivity index (χ3v) is 7.91. The molecule has 1 N–H and O–H groups in total. The average Bonchev–Trinajstić information content (AvgIpc) is 3.05. The lowest BCUT2D eigenvalue weighted by Crippen LogP contribution is -2.42. The molecule has 1 fully saturated rings. The molecule has 0 bridgehead atoms. The number of amides is 2. The second-order valence-electron chi connectivity index (χ2n) is 11.3. The number of likely N-dealkylation sites (tertiary alicyclic amines) is 1. The lowest BCUT2D eigenvalue weighted by atomic mass is 10.0. The molecule has 0 saturated carbocycles. The quantitative estimate of drug-likeness (QED) is 0.209. The molecule has 3 aromatic carbocycles. The Morgan fingerprint density at radius 2 is 1.59 bits per heavy atom. The van der Waals surface area contributed by atoms with Gasteiger partial charge in [-0.2, -0.15) is 13.2 Å². The first-order valence-corrected chi connectivity index (χ1v) is 14.9. The first-order chi connectivity index (χ1) is 22.0. The van der Waals surface area contributed by atoms with E-state index in [1.54, 1.807) is 23.2 Å². The first-order valence-electron chi connectivity index (χ1n) is 14.9. The smallest absolute Gasteiger partial charge is 0.416 e.